The minimum atomic E-state index is -3.56. The molecule has 6 fully saturated rings. The van der Waals surface area contributed by atoms with Crippen molar-refractivity contribution in [3.05, 3.63) is 0 Å². The lowest BCUT2D eigenvalue weighted by atomic mass is 9.87. The Morgan fingerprint density at radius 3 is 2.11 bits per heavy atom. The van der Waals surface area contributed by atoms with Crippen LogP contribution in [-0.4, -0.2) is 93.4 Å². The van der Waals surface area contributed by atoms with Crippen molar-refractivity contribution in [2.75, 3.05) is 13.2 Å². The molecule has 0 aromatic rings. The van der Waals surface area contributed by atoms with Crippen molar-refractivity contribution in [2.24, 2.45) is 28.6 Å². The zero-order valence-corrected chi connectivity index (χ0v) is 28.6. The molecule has 6 rings (SSSR count). The maximum Gasteiger partial charge on any atom is 0.312 e. The van der Waals surface area contributed by atoms with Gasteiger partial charge in [-0.3, -0.25) is 28.2 Å². The van der Waals surface area contributed by atoms with Gasteiger partial charge in [-0.05, 0) is 59.8 Å². The van der Waals surface area contributed by atoms with Gasteiger partial charge in [-0.2, -0.15) is 8.42 Å². The van der Waals surface area contributed by atoms with Gasteiger partial charge in [0.25, 0.3) is 10.1 Å². The molecule has 0 radical (unpaired) electrons. The molecule has 47 heavy (non-hydrogen) atoms. The number of hydrogen-bond donors (Lipinski definition) is 0. The van der Waals surface area contributed by atoms with E-state index < -0.39 is 62.6 Å². The highest BCUT2D eigenvalue weighted by Gasteiger charge is 2.66. The van der Waals surface area contributed by atoms with Crippen molar-refractivity contribution in [2.45, 2.75) is 128 Å². The molecule has 6 aliphatic rings. The molecule has 4 aliphatic heterocycles. The van der Waals surface area contributed by atoms with Crippen molar-refractivity contribution < 1.29 is 65.0 Å². The lowest BCUT2D eigenvalue weighted by molar-refractivity contribution is -0.169. The van der Waals surface area contributed by atoms with Gasteiger partial charge in [0, 0.05) is 11.8 Å². The van der Waals surface area contributed by atoms with E-state index in [4.69, 9.17) is 32.6 Å². The van der Waals surface area contributed by atoms with Crippen LogP contribution < -0.4 is 0 Å². The number of ether oxygens (including phenoxy) is 6. The summed E-state index contributed by atoms with van der Waals surface area (Å²) in [5.74, 6) is -2.25. The second-order valence-corrected chi connectivity index (χ2v) is 16.3. The summed E-state index contributed by atoms with van der Waals surface area (Å²) >= 11 is 0. The number of hydrogen-bond acceptors (Lipinski definition) is 14. The second-order valence-electron chi connectivity index (χ2n) is 14.5. The molecule has 2 saturated carbocycles. The summed E-state index contributed by atoms with van der Waals surface area (Å²) in [6.07, 6.45) is 0.407. The van der Waals surface area contributed by atoms with Crippen LogP contribution in [0.5, 0.6) is 0 Å². The molecule has 4 heterocycles. The molecule has 0 N–H and O–H groups in total. The molecule has 264 valence electrons. The minimum Gasteiger partial charge on any atom is -0.462 e. The molecule has 0 amide bonds. The minimum absolute atomic E-state index is 0.00904. The first kappa shape index (κ1) is 35.5. The van der Waals surface area contributed by atoms with Crippen LogP contribution in [0.1, 0.15) is 86.5 Å². The lowest BCUT2D eigenvalue weighted by Crippen LogP contribution is -2.42. The highest BCUT2D eigenvalue weighted by atomic mass is 32.2. The molecule has 10 unspecified atom stereocenters. The third-order valence-corrected chi connectivity index (χ3v) is 12.5. The van der Waals surface area contributed by atoms with Gasteiger partial charge >= 0.3 is 29.8 Å². The van der Waals surface area contributed by atoms with Gasteiger partial charge in [0.1, 0.15) is 31.5 Å². The molecular weight excluding hydrogens is 640 g/mol. The first-order valence-electron chi connectivity index (χ1n) is 16.5. The molecular formula is C32H46O14S. The summed E-state index contributed by atoms with van der Waals surface area (Å²) in [5.41, 5.74) is -1.10. The average Bonchev–Trinajstić information content (AvgIpc) is 3.84. The quantitative estimate of drug-likeness (QED) is 0.126. The van der Waals surface area contributed by atoms with E-state index in [0.29, 0.717) is 32.1 Å². The Balaban J connectivity index is 0.000000205. The van der Waals surface area contributed by atoms with Gasteiger partial charge in [-0.1, -0.05) is 13.8 Å². The van der Waals surface area contributed by atoms with Crippen LogP contribution in [0.15, 0.2) is 0 Å². The number of fused-ring (bicyclic) bond motifs is 2. The van der Waals surface area contributed by atoms with Crippen LogP contribution in [0.4, 0.5) is 0 Å². The largest absolute Gasteiger partial charge is 0.462 e. The van der Waals surface area contributed by atoms with E-state index in [1.54, 1.807) is 13.8 Å². The van der Waals surface area contributed by atoms with E-state index >= 15 is 0 Å². The first-order chi connectivity index (χ1) is 22.0. The lowest BCUT2D eigenvalue weighted by Gasteiger charge is -2.27. The van der Waals surface area contributed by atoms with Crippen LogP contribution >= 0.6 is 0 Å². The zero-order chi connectivity index (χ0) is 34.5. The molecule has 2 aliphatic carbocycles. The van der Waals surface area contributed by atoms with Crippen LogP contribution in [-0.2, 0) is 66.7 Å². The van der Waals surface area contributed by atoms with Crippen LogP contribution in [0.2, 0.25) is 0 Å². The van der Waals surface area contributed by atoms with Gasteiger partial charge in [0.15, 0.2) is 12.2 Å². The molecule has 4 saturated heterocycles. The third kappa shape index (κ3) is 7.03. The normalized spacial score (nSPS) is 35.1. The van der Waals surface area contributed by atoms with Crippen molar-refractivity contribution in [3.63, 3.8) is 0 Å². The fraction of sp³-hybridized carbons (Fsp3) is 0.844. The summed E-state index contributed by atoms with van der Waals surface area (Å²) in [7, 11) is -3.56. The molecule has 0 spiro atoms. The Kier molecular flexibility index (Phi) is 10.0. The average molecular weight is 687 g/mol. The maximum absolute atomic E-state index is 12.1. The summed E-state index contributed by atoms with van der Waals surface area (Å²) in [4.78, 5) is 59.2. The predicted octanol–water partition coefficient (Wildman–Crippen LogP) is 2.39. The highest BCUT2D eigenvalue weighted by Crippen LogP contribution is 2.55. The summed E-state index contributed by atoms with van der Waals surface area (Å²) < 4.78 is 60.9. The van der Waals surface area contributed by atoms with Crippen LogP contribution in [0.25, 0.3) is 0 Å². The first-order valence-corrected chi connectivity index (χ1v) is 18.0. The van der Waals surface area contributed by atoms with Gasteiger partial charge in [-0.15, -0.1) is 0 Å². The standard InChI is InChI=1S/C19H28O9S.C13H18O5/c1-4-19(2,3)18(22)26-8-7-25-14(20)5-6-15(21)27-16-11-9-12-13(10-11)29(23,24)28-17(12)16;1-4-13(2,3)12(15)18-9-7-5-6-8(16-7)10(9)17-11(6)14/h11-13,16-17H,4-10H2,1-3H3;6-10H,4-5H2,1-3H3. The molecule has 14 nitrogen and oxygen atoms in total. The number of carbonyl (C=O) groups excluding carboxylic acids is 5. The number of rotatable bonds is 12. The zero-order valence-electron chi connectivity index (χ0n) is 27.8. The molecule has 10 atom stereocenters. The van der Waals surface area contributed by atoms with E-state index in [0.717, 1.165) is 0 Å². The van der Waals surface area contributed by atoms with Crippen LogP contribution in [0.3, 0.4) is 0 Å². The summed E-state index contributed by atoms with van der Waals surface area (Å²) in [5, 5.41) is -0.473. The Morgan fingerprint density at radius 1 is 0.787 bits per heavy atom. The Morgan fingerprint density at radius 2 is 1.43 bits per heavy atom. The third-order valence-electron chi connectivity index (χ3n) is 10.7. The van der Waals surface area contributed by atoms with Crippen molar-refractivity contribution in [1.82, 2.24) is 0 Å². The van der Waals surface area contributed by atoms with Crippen molar-refractivity contribution in [3.8, 4) is 0 Å². The second kappa shape index (κ2) is 13.3. The Labute approximate surface area is 274 Å². The van der Waals surface area contributed by atoms with E-state index in [1.807, 2.05) is 27.7 Å². The number of carbonyl (C=O) groups is 5. The fourth-order valence-electron chi connectivity index (χ4n) is 6.97. The predicted molar refractivity (Wildman–Crippen MR) is 159 cm³/mol. The van der Waals surface area contributed by atoms with Gasteiger partial charge in [0.2, 0.25) is 0 Å². The molecule has 0 aromatic carbocycles. The highest BCUT2D eigenvalue weighted by molar-refractivity contribution is 7.87. The SMILES string of the molecule is CCC(C)(C)C(=O)OC1C2CC3C(=O)OC1C3O2.CCC(C)(C)C(=O)OCCOC(=O)CCC(=O)OC1C2CC3C1OS(=O)(=O)C3C2. The fourth-order valence-corrected chi connectivity index (χ4v) is 8.85. The maximum atomic E-state index is 12.1. The Hall–Kier alpha value is -2.78. The van der Waals surface area contributed by atoms with E-state index in [1.165, 1.54) is 0 Å². The van der Waals surface area contributed by atoms with Gasteiger partial charge < -0.3 is 28.4 Å². The Bertz CT molecular complexity index is 1370. The van der Waals surface area contributed by atoms with Crippen molar-refractivity contribution in [1.29, 1.82) is 0 Å². The molecule has 4 bridgehead atoms. The summed E-state index contributed by atoms with van der Waals surface area (Å²) in [6, 6.07) is 0. The molecule has 0 aromatic heterocycles. The van der Waals surface area contributed by atoms with E-state index in [9.17, 15) is 32.4 Å². The monoisotopic (exact) mass is 686 g/mol. The summed E-state index contributed by atoms with van der Waals surface area (Å²) in [6.45, 7) is 11.0. The van der Waals surface area contributed by atoms with E-state index in [-0.39, 0.29) is 73.9 Å². The van der Waals surface area contributed by atoms with E-state index in [2.05, 4.69) is 0 Å². The van der Waals surface area contributed by atoms with Gasteiger partial charge in [-0.25, -0.2) is 0 Å². The van der Waals surface area contributed by atoms with Gasteiger partial charge in [0.05, 0.1) is 40.9 Å². The van der Waals surface area contributed by atoms with Crippen LogP contribution in [0, 0.1) is 28.6 Å². The van der Waals surface area contributed by atoms with Crippen molar-refractivity contribution >= 4 is 40.0 Å². The smallest absolute Gasteiger partial charge is 0.312 e. The molecule has 15 heteroatoms. The topological polar surface area (TPSA) is 184 Å². The number of esters is 5.